The summed E-state index contributed by atoms with van der Waals surface area (Å²) in [5.41, 5.74) is 10.1. The Hall–Kier alpha value is -2.08. The maximum absolute atomic E-state index is 5.87. The topological polar surface area (TPSA) is 84.0 Å². The van der Waals surface area contributed by atoms with Crippen molar-refractivity contribution in [1.29, 1.82) is 0 Å². The highest BCUT2D eigenvalue weighted by Gasteiger charge is 2.14. The molecule has 0 spiro atoms. The zero-order valence-corrected chi connectivity index (χ0v) is 12.0. The number of ether oxygens (including phenoxy) is 1. The predicted molar refractivity (Wildman–Crippen MR) is 83.7 cm³/mol. The number of rotatable bonds is 4. The fourth-order valence-electron chi connectivity index (χ4n) is 2.52. The average Bonchev–Trinajstić information content (AvgIpc) is 2.55. The van der Waals surface area contributed by atoms with Gasteiger partial charge in [-0.15, -0.1) is 0 Å². The lowest BCUT2D eigenvalue weighted by molar-refractivity contribution is 0.215. The fraction of sp³-hybridized carbons (Fsp3) is 0.467. The van der Waals surface area contributed by atoms with E-state index in [2.05, 4.69) is 20.8 Å². The van der Waals surface area contributed by atoms with Crippen molar-refractivity contribution >= 4 is 11.7 Å². The molecular formula is C15H21N5O. The molecule has 2 heterocycles. The lowest BCUT2D eigenvalue weighted by atomic mass is 9.99. The standard InChI is InChI=1S/C15H21N5O/c16-15-18-9-14(19-20-15)12-1-3-13(4-2-12)21-10-11-5-7-17-8-6-11/h1-4,11,17H,5-10H2,(H3,16,18,20). The Balaban J connectivity index is 1.54. The van der Waals surface area contributed by atoms with Crippen molar-refractivity contribution in [3.63, 3.8) is 0 Å². The summed E-state index contributed by atoms with van der Waals surface area (Å²) >= 11 is 0. The van der Waals surface area contributed by atoms with Crippen LogP contribution in [0.1, 0.15) is 18.4 Å². The molecule has 1 fully saturated rings. The summed E-state index contributed by atoms with van der Waals surface area (Å²) in [6, 6.07) is 7.99. The van der Waals surface area contributed by atoms with Crippen LogP contribution in [0.15, 0.2) is 34.4 Å². The zero-order valence-electron chi connectivity index (χ0n) is 12.0. The zero-order chi connectivity index (χ0) is 14.5. The summed E-state index contributed by atoms with van der Waals surface area (Å²) in [7, 11) is 0. The van der Waals surface area contributed by atoms with Crippen molar-refractivity contribution in [2.45, 2.75) is 12.8 Å². The minimum atomic E-state index is 0.362. The molecule has 1 aromatic rings. The van der Waals surface area contributed by atoms with E-state index in [4.69, 9.17) is 10.5 Å². The van der Waals surface area contributed by atoms with E-state index < -0.39 is 0 Å². The molecule has 0 saturated carbocycles. The number of aliphatic imine (C=N–C) groups is 1. The van der Waals surface area contributed by atoms with E-state index in [1.807, 2.05) is 24.3 Å². The molecule has 3 rings (SSSR count). The third kappa shape index (κ3) is 3.72. The number of benzene rings is 1. The van der Waals surface area contributed by atoms with Crippen molar-refractivity contribution in [3.05, 3.63) is 29.8 Å². The molecule has 2 aliphatic heterocycles. The molecule has 21 heavy (non-hydrogen) atoms. The smallest absolute Gasteiger partial charge is 0.209 e. The van der Waals surface area contributed by atoms with Crippen LogP contribution >= 0.6 is 0 Å². The number of piperidine rings is 1. The van der Waals surface area contributed by atoms with Crippen LogP contribution in [0.25, 0.3) is 0 Å². The number of hydrogen-bond acceptors (Lipinski definition) is 6. The Morgan fingerprint density at radius 1 is 1.19 bits per heavy atom. The summed E-state index contributed by atoms with van der Waals surface area (Å²) in [6.07, 6.45) is 2.39. The molecule has 0 aromatic heterocycles. The van der Waals surface area contributed by atoms with E-state index in [-0.39, 0.29) is 0 Å². The van der Waals surface area contributed by atoms with Crippen molar-refractivity contribution in [2.75, 3.05) is 26.2 Å². The van der Waals surface area contributed by atoms with E-state index in [1.165, 1.54) is 12.8 Å². The first kappa shape index (κ1) is 13.9. The summed E-state index contributed by atoms with van der Waals surface area (Å²) < 4.78 is 5.87. The Morgan fingerprint density at radius 3 is 2.62 bits per heavy atom. The average molecular weight is 287 g/mol. The van der Waals surface area contributed by atoms with Crippen LogP contribution in [-0.2, 0) is 0 Å². The molecule has 0 unspecified atom stereocenters. The van der Waals surface area contributed by atoms with Crippen LogP contribution < -0.4 is 21.2 Å². The number of hydrogen-bond donors (Lipinski definition) is 3. The first-order valence-electron chi connectivity index (χ1n) is 7.38. The number of nitrogens with two attached hydrogens (primary N) is 1. The molecule has 0 aliphatic carbocycles. The third-order valence-electron chi connectivity index (χ3n) is 3.84. The Bertz CT molecular complexity index is 531. The van der Waals surface area contributed by atoms with Gasteiger partial charge in [-0.25, -0.2) is 10.4 Å². The summed E-state index contributed by atoms with van der Waals surface area (Å²) in [5.74, 6) is 1.93. The second-order valence-corrected chi connectivity index (χ2v) is 5.40. The van der Waals surface area contributed by atoms with E-state index in [1.54, 1.807) is 0 Å². The minimum absolute atomic E-state index is 0.362. The van der Waals surface area contributed by atoms with Crippen LogP contribution in [-0.4, -0.2) is 37.9 Å². The molecule has 4 N–H and O–H groups in total. The van der Waals surface area contributed by atoms with Gasteiger partial charge in [0.05, 0.1) is 18.9 Å². The molecule has 0 atom stereocenters. The van der Waals surface area contributed by atoms with Crippen LogP contribution in [0.5, 0.6) is 5.75 Å². The molecular weight excluding hydrogens is 266 g/mol. The van der Waals surface area contributed by atoms with Crippen LogP contribution in [0.2, 0.25) is 0 Å². The van der Waals surface area contributed by atoms with Gasteiger partial charge in [0.1, 0.15) is 5.75 Å². The number of nitrogens with one attached hydrogen (secondary N) is 2. The molecule has 112 valence electrons. The third-order valence-corrected chi connectivity index (χ3v) is 3.84. The predicted octanol–water partition coefficient (Wildman–Crippen LogP) is 0.687. The quantitative estimate of drug-likeness (QED) is 0.760. The van der Waals surface area contributed by atoms with Gasteiger partial charge in [0, 0.05) is 0 Å². The van der Waals surface area contributed by atoms with E-state index in [0.717, 1.165) is 36.7 Å². The molecule has 1 aromatic carbocycles. The van der Waals surface area contributed by atoms with Crippen molar-refractivity contribution < 1.29 is 4.74 Å². The molecule has 1 saturated heterocycles. The van der Waals surface area contributed by atoms with Gasteiger partial charge in [-0.1, -0.05) is 0 Å². The molecule has 0 radical (unpaired) electrons. The maximum Gasteiger partial charge on any atom is 0.209 e. The molecule has 0 amide bonds. The van der Waals surface area contributed by atoms with E-state index in [9.17, 15) is 0 Å². The normalized spacial score (nSPS) is 19.4. The van der Waals surface area contributed by atoms with Gasteiger partial charge in [0.15, 0.2) is 0 Å². The second kappa shape index (κ2) is 6.58. The van der Waals surface area contributed by atoms with Gasteiger partial charge in [-0.2, -0.15) is 5.10 Å². The van der Waals surface area contributed by atoms with Crippen LogP contribution in [0.3, 0.4) is 0 Å². The lowest BCUT2D eigenvalue weighted by Crippen LogP contribution is -2.33. The van der Waals surface area contributed by atoms with Gasteiger partial charge in [0.25, 0.3) is 0 Å². The maximum atomic E-state index is 5.87. The van der Waals surface area contributed by atoms with Crippen LogP contribution in [0.4, 0.5) is 0 Å². The van der Waals surface area contributed by atoms with Gasteiger partial charge in [0.2, 0.25) is 5.96 Å². The van der Waals surface area contributed by atoms with Gasteiger partial charge in [-0.05, 0) is 61.7 Å². The fourth-order valence-corrected chi connectivity index (χ4v) is 2.52. The lowest BCUT2D eigenvalue weighted by Gasteiger charge is -2.22. The highest BCUT2D eigenvalue weighted by atomic mass is 16.5. The van der Waals surface area contributed by atoms with Gasteiger partial charge in [-0.3, -0.25) is 0 Å². The Labute approximate surface area is 124 Å². The monoisotopic (exact) mass is 287 g/mol. The highest BCUT2D eigenvalue weighted by Crippen LogP contribution is 2.17. The van der Waals surface area contributed by atoms with E-state index in [0.29, 0.717) is 18.4 Å². The Morgan fingerprint density at radius 2 is 1.95 bits per heavy atom. The first-order valence-corrected chi connectivity index (χ1v) is 7.38. The number of guanidine groups is 1. The highest BCUT2D eigenvalue weighted by molar-refractivity contribution is 6.04. The molecule has 0 bridgehead atoms. The summed E-state index contributed by atoms with van der Waals surface area (Å²) in [6.45, 7) is 3.51. The first-order chi connectivity index (χ1) is 10.3. The van der Waals surface area contributed by atoms with Gasteiger partial charge < -0.3 is 15.8 Å². The SMILES string of the molecule is NC1=NCC(c2ccc(OCC3CCNCC3)cc2)=NN1. The van der Waals surface area contributed by atoms with E-state index >= 15 is 0 Å². The largest absolute Gasteiger partial charge is 0.493 e. The number of hydrazone groups is 1. The molecule has 6 nitrogen and oxygen atoms in total. The second-order valence-electron chi connectivity index (χ2n) is 5.40. The molecule has 6 heteroatoms. The summed E-state index contributed by atoms with van der Waals surface area (Å²) in [5, 5.41) is 7.56. The van der Waals surface area contributed by atoms with Crippen LogP contribution in [0, 0.1) is 5.92 Å². The number of nitrogens with zero attached hydrogens (tertiary/aromatic N) is 2. The van der Waals surface area contributed by atoms with Gasteiger partial charge >= 0.3 is 0 Å². The van der Waals surface area contributed by atoms with Crippen molar-refractivity contribution in [1.82, 2.24) is 10.7 Å². The minimum Gasteiger partial charge on any atom is -0.493 e. The van der Waals surface area contributed by atoms with Crippen molar-refractivity contribution in [2.24, 2.45) is 21.7 Å². The van der Waals surface area contributed by atoms with Crippen molar-refractivity contribution in [3.8, 4) is 5.75 Å². The Kier molecular flexibility index (Phi) is 4.35. The molecule has 2 aliphatic rings. The summed E-state index contributed by atoms with van der Waals surface area (Å²) in [4.78, 5) is 4.12.